The summed E-state index contributed by atoms with van der Waals surface area (Å²) in [5.41, 5.74) is 0.604. The maximum absolute atomic E-state index is 12.1. The number of carbonyl (C=O) groups is 2. The second-order valence-electron chi connectivity index (χ2n) is 5.56. The molecule has 0 aliphatic rings. The lowest BCUT2D eigenvalue weighted by Gasteiger charge is -2.19. The number of carbonyl (C=O) groups excluding carboxylic acids is 2. The van der Waals surface area contributed by atoms with Crippen molar-refractivity contribution in [1.82, 2.24) is 4.90 Å². The molecule has 1 N–H and O–H groups in total. The molecule has 0 saturated carbocycles. The van der Waals surface area contributed by atoms with Gasteiger partial charge in [-0.1, -0.05) is 38.5 Å². The van der Waals surface area contributed by atoms with Crippen molar-refractivity contribution in [1.29, 1.82) is 0 Å². The Morgan fingerprint density at radius 3 is 2.54 bits per heavy atom. The molecule has 24 heavy (non-hydrogen) atoms. The molecule has 0 heterocycles. The number of hydrogen-bond acceptors (Lipinski definition) is 3. The molecule has 1 unspecified atom stereocenters. The lowest BCUT2D eigenvalue weighted by Crippen LogP contribution is -2.33. The van der Waals surface area contributed by atoms with E-state index in [0.717, 1.165) is 12.8 Å². The predicted octanol–water partition coefficient (Wildman–Crippen LogP) is 4.23. The van der Waals surface area contributed by atoms with Crippen LogP contribution in [0, 0.1) is 5.92 Å². The first kappa shape index (κ1) is 19.5. The molecule has 130 valence electrons. The standard InChI is InChI=1S/C19H26N2O3/c1-5-9-15(4)18(22)20-16-10-8-11-17(14-16)24-19(23)21(12-6-2)13-7-3/h6-8,10-11,14-15H,2-3,5,9,12-13H2,1,4H3,(H,20,22). The monoisotopic (exact) mass is 330 g/mol. The Labute approximate surface area is 144 Å². The number of hydrogen-bond donors (Lipinski definition) is 1. The average molecular weight is 330 g/mol. The van der Waals surface area contributed by atoms with Gasteiger partial charge in [0.25, 0.3) is 0 Å². The summed E-state index contributed by atoms with van der Waals surface area (Å²) >= 11 is 0. The fourth-order valence-electron chi connectivity index (χ4n) is 2.17. The van der Waals surface area contributed by atoms with Gasteiger partial charge in [-0.3, -0.25) is 4.79 Å². The molecule has 0 radical (unpaired) electrons. The van der Waals surface area contributed by atoms with Crippen LogP contribution in [-0.4, -0.2) is 30.0 Å². The summed E-state index contributed by atoms with van der Waals surface area (Å²) < 4.78 is 5.35. The molecule has 1 atom stereocenters. The molecule has 0 aliphatic heterocycles. The van der Waals surface area contributed by atoms with Crippen LogP contribution in [0.3, 0.4) is 0 Å². The fourth-order valence-corrected chi connectivity index (χ4v) is 2.17. The van der Waals surface area contributed by atoms with Crippen LogP contribution >= 0.6 is 0 Å². The van der Waals surface area contributed by atoms with Crippen LogP contribution in [-0.2, 0) is 4.79 Å². The Kier molecular flexibility index (Phi) is 8.33. The average Bonchev–Trinajstić information content (AvgIpc) is 2.55. The molecule has 1 rings (SSSR count). The highest BCUT2D eigenvalue weighted by molar-refractivity contribution is 5.92. The third-order valence-corrected chi connectivity index (χ3v) is 3.43. The van der Waals surface area contributed by atoms with E-state index in [1.807, 2.05) is 13.8 Å². The van der Waals surface area contributed by atoms with Gasteiger partial charge in [0.05, 0.1) is 0 Å². The van der Waals surface area contributed by atoms with Crippen LogP contribution in [0.4, 0.5) is 10.5 Å². The molecule has 2 amide bonds. The van der Waals surface area contributed by atoms with Gasteiger partial charge in [0, 0.05) is 30.8 Å². The van der Waals surface area contributed by atoms with Crippen molar-refractivity contribution in [3.63, 3.8) is 0 Å². The van der Waals surface area contributed by atoms with E-state index in [0.29, 0.717) is 24.5 Å². The van der Waals surface area contributed by atoms with E-state index >= 15 is 0 Å². The molecule has 1 aromatic carbocycles. The van der Waals surface area contributed by atoms with Crippen LogP contribution in [0.5, 0.6) is 5.75 Å². The number of amides is 2. The van der Waals surface area contributed by atoms with E-state index in [4.69, 9.17) is 4.74 Å². The van der Waals surface area contributed by atoms with Crippen LogP contribution in [0.2, 0.25) is 0 Å². The zero-order valence-electron chi connectivity index (χ0n) is 14.5. The fraction of sp³-hybridized carbons (Fsp3) is 0.368. The van der Waals surface area contributed by atoms with Gasteiger partial charge >= 0.3 is 6.09 Å². The highest BCUT2D eigenvalue weighted by atomic mass is 16.6. The zero-order chi connectivity index (χ0) is 17.9. The first-order valence-corrected chi connectivity index (χ1v) is 8.11. The van der Waals surface area contributed by atoms with E-state index in [2.05, 4.69) is 18.5 Å². The summed E-state index contributed by atoms with van der Waals surface area (Å²) in [6.07, 6.45) is 4.54. The summed E-state index contributed by atoms with van der Waals surface area (Å²) in [5.74, 6) is 0.274. The van der Waals surface area contributed by atoms with Crippen LogP contribution in [0.15, 0.2) is 49.6 Å². The van der Waals surface area contributed by atoms with Crippen LogP contribution in [0.1, 0.15) is 26.7 Å². The molecule has 0 fully saturated rings. The third-order valence-electron chi connectivity index (χ3n) is 3.43. The van der Waals surface area contributed by atoms with Gasteiger partial charge in [0.15, 0.2) is 0 Å². The molecule has 0 aromatic heterocycles. The largest absolute Gasteiger partial charge is 0.415 e. The highest BCUT2D eigenvalue weighted by Gasteiger charge is 2.15. The van der Waals surface area contributed by atoms with Gasteiger partial charge in [-0.05, 0) is 18.6 Å². The molecule has 5 heteroatoms. The van der Waals surface area contributed by atoms with Crippen molar-refractivity contribution < 1.29 is 14.3 Å². The Morgan fingerprint density at radius 1 is 1.29 bits per heavy atom. The second kappa shape index (κ2) is 10.3. The quantitative estimate of drug-likeness (QED) is 0.689. The van der Waals surface area contributed by atoms with E-state index in [1.165, 1.54) is 4.90 Å². The van der Waals surface area contributed by atoms with Crippen LogP contribution in [0.25, 0.3) is 0 Å². The summed E-state index contributed by atoms with van der Waals surface area (Å²) in [5, 5.41) is 2.84. The highest BCUT2D eigenvalue weighted by Crippen LogP contribution is 2.19. The van der Waals surface area contributed by atoms with Gasteiger partial charge < -0.3 is 15.0 Å². The summed E-state index contributed by atoms with van der Waals surface area (Å²) in [4.78, 5) is 25.7. The molecular formula is C19H26N2O3. The van der Waals surface area contributed by atoms with Crippen molar-refractivity contribution in [3.8, 4) is 5.75 Å². The Bertz CT molecular complexity index is 574. The number of benzene rings is 1. The minimum absolute atomic E-state index is 0.0414. The normalized spacial score (nSPS) is 11.2. The van der Waals surface area contributed by atoms with Crippen LogP contribution < -0.4 is 10.1 Å². The third kappa shape index (κ3) is 6.28. The number of nitrogens with one attached hydrogen (secondary N) is 1. The molecule has 0 bridgehead atoms. The lowest BCUT2D eigenvalue weighted by molar-refractivity contribution is -0.119. The number of nitrogens with zero attached hydrogens (tertiary/aromatic N) is 1. The van der Waals surface area contributed by atoms with E-state index in [9.17, 15) is 9.59 Å². The maximum atomic E-state index is 12.1. The molecule has 5 nitrogen and oxygen atoms in total. The summed E-state index contributed by atoms with van der Waals surface area (Å²) in [7, 11) is 0. The van der Waals surface area contributed by atoms with Crippen molar-refractivity contribution in [2.75, 3.05) is 18.4 Å². The smallest absolute Gasteiger partial charge is 0.410 e. The molecule has 0 saturated heterocycles. The first-order chi connectivity index (χ1) is 11.5. The molecule has 0 aliphatic carbocycles. The maximum Gasteiger partial charge on any atom is 0.415 e. The minimum Gasteiger partial charge on any atom is -0.410 e. The van der Waals surface area contributed by atoms with Gasteiger partial charge in [0.2, 0.25) is 5.91 Å². The van der Waals surface area contributed by atoms with Gasteiger partial charge in [-0.15, -0.1) is 13.2 Å². The number of anilines is 1. The first-order valence-electron chi connectivity index (χ1n) is 8.11. The Morgan fingerprint density at radius 2 is 1.96 bits per heavy atom. The van der Waals surface area contributed by atoms with Crippen molar-refractivity contribution >= 4 is 17.7 Å². The molecule has 0 spiro atoms. The minimum atomic E-state index is -0.488. The van der Waals surface area contributed by atoms with E-state index in [-0.39, 0.29) is 11.8 Å². The van der Waals surface area contributed by atoms with Crippen molar-refractivity contribution in [3.05, 3.63) is 49.6 Å². The Hall–Kier alpha value is -2.56. The number of ether oxygens (including phenoxy) is 1. The number of rotatable bonds is 9. The van der Waals surface area contributed by atoms with Crippen molar-refractivity contribution in [2.45, 2.75) is 26.7 Å². The van der Waals surface area contributed by atoms with Gasteiger partial charge in [-0.25, -0.2) is 4.79 Å². The molecule has 1 aromatic rings. The van der Waals surface area contributed by atoms with E-state index in [1.54, 1.807) is 36.4 Å². The van der Waals surface area contributed by atoms with Crippen molar-refractivity contribution in [2.24, 2.45) is 5.92 Å². The summed E-state index contributed by atoms with van der Waals surface area (Å²) in [6.45, 7) is 11.9. The zero-order valence-corrected chi connectivity index (χ0v) is 14.5. The summed E-state index contributed by atoms with van der Waals surface area (Å²) in [6, 6.07) is 6.80. The predicted molar refractivity (Wildman–Crippen MR) is 97.1 cm³/mol. The lowest BCUT2D eigenvalue weighted by atomic mass is 10.1. The SMILES string of the molecule is C=CCN(CC=C)C(=O)Oc1cccc(NC(=O)C(C)CCC)c1. The molecular weight excluding hydrogens is 304 g/mol. The van der Waals surface area contributed by atoms with Gasteiger partial charge in [0.1, 0.15) is 5.75 Å². The van der Waals surface area contributed by atoms with E-state index < -0.39 is 6.09 Å². The second-order valence-corrected chi connectivity index (χ2v) is 5.56. The van der Waals surface area contributed by atoms with Gasteiger partial charge in [-0.2, -0.15) is 0 Å². The Balaban J connectivity index is 2.74. The topological polar surface area (TPSA) is 58.6 Å².